The molecule has 0 aromatic carbocycles. The van der Waals surface area contributed by atoms with Crippen LogP contribution in [-0.2, 0) is 6.42 Å². The van der Waals surface area contributed by atoms with Crippen LogP contribution in [0.3, 0.4) is 0 Å². The van der Waals surface area contributed by atoms with E-state index in [1.54, 1.807) is 11.3 Å². The second-order valence-corrected chi connectivity index (χ2v) is 6.47. The van der Waals surface area contributed by atoms with Gasteiger partial charge in [0.1, 0.15) is 0 Å². The molecule has 2 nitrogen and oxygen atoms in total. The Morgan fingerprint density at radius 2 is 2.28 bits per heavy atom. The van der Waals surface area contributed by atoms with Gasteiger partial charge in [0.05, 0.1) is 6.10 Å². The number of thiophene rings is 1. The van der Waals surface area contributed by atoms with Crippen LogP contribution in [0.25, 0.3) is 0 Å². The molecule has 2 aromatic rings. The standard InChI is InChI=1S/C15H17NOS/c1-9-8-13(10(2)18-9)15(17)12-6-5-11-4-3-7-16-14(11)12/h3-4,7-8,12,15,17H,5-6H2,1-2H3. The highest BCUT2D eigenvalue weighted by Crippen LogP contribution is 2.42. The SMILES string of the molecule is Cc1cc(C(O)C2CCc3cccnc32)c(C)s1. The van der Waals surface area contributed by atoms with Gasteiger partial charge in [0.25, 0.3) is 0 Å². The van der Waals surface area contributed by atoms with Gasteiger partial charge in [0, 0.05) is 27.6 Å². The van der Waals surface area contributed by atoms with E-state index in [-0.39, 0.29) is 5.92 Å². The number of fused-ring (bicyclic) bond motifs is 1. The number of aryl methyl sites for hydroxylation is 3. The van der Waals surface area contributed by atoms with E-state index in [0.29, 0.717) is 0 Å². The Morgan fingerprint density at radius 3 is 3.00 bits per heavy atom. The Labute approximate surface area is 111 Å². The van der Waals surface area contributed by atoms with Gasteiger partial charge in [-0.3, -0.25) is 4.98 Å². The number of aromatic nitrogens is 1. The van der Waals surface area contributed by atoms with Crippen LogP contribution in [-0.4, -0.2) is 10.1 Å². The van der Waals surface area contributed by atoms with Crippen LogP contribution in [0.1, 0.15) is 45.0 Å². The molecule has 2 unspecified atom stereocenters. The van der Waals surface area contributed by atoms with Crippen LogP contribution in [0.15, 0.2) is 24.4 Å². The van der Waals surface area contributed by atoms with Crippen LogP contribution >= 0.6 is 11.3 Å². The highest BCUT2D eigenvalue weighted by molar-refractivity contribution is 7.12. The Kier molecular flexibility index (Phi) is 2.96. The summed E-state index contributed by atoms with van der Waals surface area (Å²) in [7, 11) is 0. The lowest BCUT2D eigenvalue weighted by molar-refractivity contribution is 0.143. The summed E-state index contributed by atoms with van der Waals surface area (Å²) in [5.41, 5.74) is 3.47. The normalized spacial score (nSPS) is 19.8. The number of rotatable bonds is 2. The van der Waals surface area contributed by atoms with E-state index >= 15 is 0 Å². The van der Waals surface area contributed by atoms with Gasteiger partial charge in [-0.1, -0.05) is 6.07 Å². The van der Waals surface area contributed by atoms with Crippen molar-refractivity contribution in [2.24, 2.45) is 0 Å². The molecule has 2 aromatic heterocycles. The predicted octanol–water partition coefficient (Wildman–Crippen LogP) is 3.52. The molecule has 1 aliphatic carbocycles. The van der Waals surface area contributed by atoms with E-state index in [4.69, 9.17) is 0 Å². The molecule has 1 aliphatic rings. The maximum atomic E-state index is 10.6. The van der Waals surface area contributed by atoms with Gasteiger partial charge < -0.3 is 5.11 Å². The fourth-order valence-corrected chi connectivity index (χ4v) is 3.88. The Hall–Kier alpha value is -1.19. The molecule has 0 saturated carbocycles. The molecule has 18 heavy (non-hydrogen) atoms. The average molecular weight is 259 g/mol. The zero-order chi connectivity index (χ0) is 12.7. The van der Waals surface area contributed by atoms with Crippen LogP contribution < -0.4 is 0 Å². The maximum Gasteiger partial charge on any atom is 0.0884 e. The van der Waals surface area contributed by atoms with Crippen molar-refractivity contribution in [3.05, 3.63) is 51.0 Å². The number of pyridine rings is 1. The van der Waals surface area contributed by atoms with Gasteiger partial charge in [-0.15, -0.1) is 11.3 Å². The first-order valence-electron chi connectivity index (χ1n) is 6.35. The largest absolute Gasteiger partial charge is 0.388 e. The third kappa shape index (κ3) is 1.88. The van der Waals surface area contributed by atoms with E-state index < -0.39 is 6.10 Å². The number of hydrogen-bond acceptors (Lipinski definition) is 3. The minimum absolute atomic E-state index is 0.161. The first kappa shape index (κ1) is 11.9. The third-order valence-electron chi connectivity index (χ3n) is 3.78. The van der Waals surface area contributed by atoms with E-state index in [1.165, 1.54) is 15.3 Å². The summed E-state index contributed by atoms with van der Waals surface area (Å²) in [6.45, 7) is 4.18. The van der Waals surface area contributed by atoms with Crippen molar-refractivity contribution in [2.75, 3.05) is 0 Å². The van der Waals surface area contributed by atoms with E-state index in [9.17, 15) is 5.11 Å². The summed E-state index contributed by atoms with van der Waals surface area (Å²) >= 11 is 1.76. The second-order valence-electron chi connectivity index (χ2n) is 5.01. The fraction of sp³-hybridized carbons (Fsp3) is 0.400. The molecule has 1 N–H and O–H groups in total. The molecule has 0 spiro atoms. The Morgan fingerprint density at radius 1 is 1.44 bits per heavy atom. The van der Waals surface area contributed by atoms with Gasteiger partial charge in [-0.05, 0) is 49.9 Å². The van der Waals surface area contributed by atoms with Crippen molar-refractivity contribution in [1.29, 1.82) is 0 Å². The van der Waals surface area contributed by atoms with Crippen LogP contribution in [0.5, 0.6) is 0 Å². The molecule has 2 atom stereocenters. The lowest BCUT2D eigenvalue weighted by Gasteiger charge is -2.18. The van der Waals surface area contributed by atoms with Crippen LogP contribution in [0.4, 0.5) is 0 Å². The van der Waals surface area contributed by atoms with Gasteiger partial charge in [0.15, 0.2) is 0 Å². The van der Waals surface area contributed by atoms with Crippen molar-refractivity contribution < 1.29 is 5.11 Å². The minimum Gasteiger partial charge on any atom is -0.388 e. The monoisotopic (exact) mass is 259 g/mol. The topological polar surface area (TPSA) is 33.1 Å². The first-order chi connectivity index (χ1) is 8.66. The van der Waals surface area contributed by atoms with Crippen molar-refractivity contribution in [3.63, 3.8) is 0 Å². The average Bonchev–Trinajstić information content (AvgIpc) is 2.92. The summed E-state index contributed by atoms with van der Waals surface area (Å²) < 4.78 is 0. The molecule has 0 saturated heterocycles. The zero-order valence-corrected chi connectivity index (χ0v) is 11.5. The molecular formula is C15H17NOS. The first-order valence-corrected chi connectivity index (χ1v) is 7.17. The Bertz CT molecular complexity index is 576. The summed E-state index contributed by atoms with van der Waals surface area (Å²) in [6.07, 6.45) is 3.45. The van der Waals surface area contributed by atoms with Crippen molar-refractivity contribution in [3.8, 4) is 0 Å². The van der Waals surface area contributed by atoms with Crippen LogP contribution in [0.2, 0.25) is 0 Å². The third-order valence-corrected chi connectivity index (χ3v) is 4.76. The van der Waals surface area contributed by atoms with Crippen molar-refractivity contribution in [1.82, 2.24) is 4.98 Å². The maximum absolute atomic E-state index is 10.6. The summed E-state index contributed by atoms with van der Waals surface area (Å²) in [6, 6.07) is 6.22. The molecule has 2 heterocycles. The number of nitrogens with zero attached hydrogens (tertiary/aromatic N) is 1. The van der Waals surface area contributed by atoms with E-state index in [1.807, 2.05) is 12.3 Å². The molecule has 0 aliphatic heterocycles. The highest BCUT2D eigenvalue weighted by Gasteiger charge is 2.31. The zero-order valence-electron chi connectivity index (χ0n) is 10.7. The number of aliphatic hydroxyl groups excluding tert-OH is 1. The lowest BCUT2D eigenvalue weighted by Crippen LogP contribution is -2.09. The summed E-state index contributed by atoms with van der Waals surface area (Å²) in [5, 5.41) is 10.6. The molecule has 0 fully saturated rings. The fourth-order valence-electron chi connectivity index (χ4n) is 2.91. The van der Waals surface area contributed by atoms with Gasteiger partial charge in [-0.25, -0.2) is 0 Å². The van der Waals surface area contributed by atoms with Gasteiger partial charge >= 0.3 is 0 Å². The molecule has 94 valence electrons. The molecule has 3 heteroatoms. The number of hydrogen-bond donors (Lipinski definition) is 1. The smallest absolute Gasteiger partial charge is 0.0884 e. The number of aliphatic hydroxyl groups is 1. The molecule has 0 amide bonds. The highest BCUT2D eigenvalue weighted by atomic mass is 32.1. The quantitative estimate of drug-likeness (QED) is 0.895. The van der Waals surface area contributed by atoms with Gasteiger partial charge in [0.2, 0.25) is 0 Å². The summed E-state index contributed by atoms with van der Waals surface area (Å²) in [4.78, 5) is 6.96. The van der Waals surface area contributed by atoms with E-state index in [2.05, 4.69) is 31.0 Å². The molecule has 0 radical (unpaired) electrons. The predicted molar refractivity (Wildman–Crippen MR) is 74.1 cm³/mol. The Balaban J connectivity index is 1.95. The minimum atomic E-state index is -0.411. The molecule has 0 bridgehead atoms. The van der Waals surface area contributed by atoms with Crippen molar-refractivity contribution in [2.45, 2.75) is 38.7 Å². The van der Waals surface area contributed by atoms with Crippen LogP contribution in [0, 0.1) is 13.8 Å². The molecule has 3 rings (SSSR count). The molecular weight excluding hydrogens is 242 g/mol. The van der Waals surface area contributed by atoms with Gasteiger partial charge in [-0.2, -0.15) is 0 Å². The second kappa shape index (κ2) is 4.48. The summed E-state index contributed by atoms with van der Waals surface area (Å²) in [5.74, 6) is 0.161. The van der Waals surface area contributed by atoms with Crippen molar-refractivity contribution >= 4 is 11.3 Å². The lowest BCUT2D eigenvalue weighted by atomic mass is 9.93. The van der Waals surface area contributed by atoms with E-state index in [0.717, 1.165) is 24.1 Å².